The van der Waals surface area contributed by atoms with Gasteiger partial charge in [-0.25, -0.2) is 4.68 Å². The first-order valence-corrected chi connectivity index (χ1v) is 10.8. The van der Waals surface area contributed by atoms with Crippen LogP contribution < -0.4 is 10.1 Å². The predicted molar refractivity (Wildman–Crippen MR) is 122 cm³/mol. The molecule has 4 rings (SSSR count). The molecule has 4 aromatic rings. The van der Waals surface area contributed by atoms with Gasteiger partial charge in [0.1, 0.15) is 5.75 Å². The number of carbonyl (C=O) groups is 1. The number of hydrogen-bond acceptors (Lipinski definition) is 6. The highest BCUT2D eigenvalue weighted by molar-refractivity contribution is 6.03. The van der Waals surface area contributed by atoms with Crippen molar-refractivity contribution < 1.29 is 22.7 Å². The molecule has 11 heteroatoms. The number of carbonyl (C=O) groups excluding carboxylic acids is 1. The van der Waals surface area contributed by atoms with Gasteiger partial charge >= 0.3 is 6.18 Å². The van der Waals surface area contributed by atoms with Crippen LogP contribution in [-0.4, -0.2) is 37.5 Å². The number of pyridine rings is 1. The maximum atomic E-state index is 13.6. The maximum absolute atomic E-state index is 13.6. The average Bonchev–Trinajstić information content (AvgIpc) is 3.32. The van der Waals surface area contributed by atoms with Gasteiger partial charge in [0.2, 0.25) is 0 Å². The Hall–Kier alpha value is -4.28. The van der Waals surface area contributed by atoms with E-state index in [1.165, 1.54) is 24.5 Å². The minimum absolute atomic E-state index is 0.0734. The number of nitrogens with one attached hydrogen (secondary N) is 1. The van der Waals surface area contributed by atoms with Gasteiger partial charge in [-0.05, 0) is 55.0 Å². The predicted octanol–water partition coefficient (Wildman–Crippen LogP) is 5.17. The summed E-state index contributed by atoms with van der Waals surface area (Å²) in [6.07, 6.45) is 0.142. The number of aromatic nitrogens is 5. The van der Waals surface area contributed by atoms with Crippen molar-refractivity contribution in [1.29, 1.82) is 0 Å². The van der Waals surface area contributed by atoms with Gasteiger partial charge in [-0.2, -0.15) is 18.3 Å². The van der Waals surface area contributed by atoms with Crippen LogP contribution in [0.5, 0.6) is 5.75 Å². The normalized spacial score (nSPS) is 11.3. The molecule has 0 fully saturated rings. The van der Waals surface area contributed by atoms with E-state index in [0.29, 0.717) is 28.2 Å². The molecule has 1 N–H and O–H groups in total. The van der Waals surface area contributed by atoms with Crippen molar-refractivity contribution in [3.63, 3.8) is 0 Å². The molecule has 0 unspecified atom stereocenters. The van der Waals surface area contributed by atoms with E-state index in [9.17, 15) is 18.0 Å². The van der Waals surface area contributed by atoms with Crippen LogP contribution in [0.1, 0.15) is 35.8 Å². The smallest absolute Gasteiger partial charge is 0.433 e. The van der Waals surface area contributed by atoms with Crippen LogP contribution >= 0.6 is 0 Å². The minimum atomic E-state index is -4.67. The Morgan fingerprint density at radius 3 is 2.63 bits per heavy atom. The van der Waals surface area contributed by atoms with E-state index in [-0.39, 0.29) is 17.3 Å². The Kier molecular flexibility index (Phi) is 7.04. The van der Waals surface area contributed by atoms with Crippen LogP contribution in [0, 0.1) is 0 Å². The second kappa shape index (κ2) is 10.3. The summed E-state index contributed by atoms with van der Waals surface area (Å²) in [6, 6.07) is 13.4. The first kappa shape index (κ1) is 23.9. The summed E-state index contributed by atoms with van der Waals surface area (Å²) in [7, 11) is 0. The van der Waals surface area contributed by atoms with Crippen LogP contribution in [0.4, 0.5) is 19.0 Å². The topological polar surface area (TPSA) is 94.8 Å². The Morgan fingerprint density at radius 2 is 1.94 bits per heavy atom. The van der Waals surface area contributed by atoms with Crippen LogP contribution in [0.3, 0.4) is 0 Å². The first-order valence-electron chi connectivity index (χ1n) is 10.8. The van der Waals surface area contributed by atoms with Gasteiger partial charge in [0.25, 0.3) is 5.91 Å². The van der Waals surface area contributed by atoms with Crippen LogP contribution in [0.15, 0.2) is 67.0 Å². The van der Waals surface area contributed by atoms with Gasteiger partial charge in [0.05, 0.1) is 12.3 Å². The Morgan fingerprint density at radius 1 is 1.09 bits per heavy atom. The van der Waals surface area contributed by atoms with Gasteiger partial charge in [0, 0.05) is 23.5 Å². The number of amides is 1. The molecule has 0 aliphatic heterocycles. The van der Waals surface area contributed by atoms with Gasteiger partial charge < -0.3 is 10.1 Å². The third-order valence-corrected chi connectivity index (χ3v) is 4.93. The van der Waals surface area contributed by atoms with E-state index in [1.54, 1.807) is 36.4 Å². The second-order valence-corrected chi connectivity index (χ2v) is 7.53. The first-order chi connectivity index (χ1) is 16.8. The van der Waals surface area contributed by atoms with E-state index in [2.05, 4.69) is 32.5 Å². The lowest BCUT2D eigenvalue weighted by atomic mass is 10.2. The van der Waals surface area contributed by atoms with Crippen molar-refractivity contribution in [2.24, 2.45) is 0 Å². The minimum Gasteiger partial charge on any atom is -0.494 e. The van der Waals surface area contributed by atoms with Gasteiger partial charge in [-0.15, -0.1) is 10.2 Å². The number of nitrogens with zero attached hydrogens (tertiary/aromatic N) is 5. The quantitative estimate of drug-likeness (QED) is 0.348. The van der Waals surface area contributed by atoms with E-state index < -0.39 is 17.8 Å². The van der Waals surface area contributed by atoms with Crippen molar-refractivity contribution in [3.8, 4) is 22.8 Å². The van der Waals surface area contributed by atoms with Crippen LogP contribution in [-0.2, 0) is 6.18 Å². The summed E-state index contributed by atoms with van der Waals surface area (Å²) in [5, 5.41) is 14.3. The van der Waals surface area contributed by atoms with Crippen molar-refractivity contribution >= 4 is 11.7 Å². The van der Waals surface area contributed by atoms with Crippen molar-refractivity contribution in [1.82, 2.24) is 25.0 Å². The van der Waals surface area contributed by atoms with Crippen molar-refractivity contribution in [3.05, 3.63) is 78.2 Å². The fourth-order valence-corrected chi connectivity index (χ4v) is 3.17. The number of halogens is 3. The summed E-state index contributed by atoms with van der Waals surface area (Å²) in [6.45, 7) is 2.60. The largest absolute Gasteiger partial charge is 0.494 e. The maximum Gasteiger partial charge on any atom is 0.433 e. The molecule has 0 aliphatic carbocycles. The van der Waals surface area contributed by atoms with Gasteiger partial charge in [-0.1, -0.05) is 19.4 Å². The fraction of sp³-hybridized carbons (Fsp3) is 0.208. The summed E-state index contributed by atoms with van der Waals surface area (Å²) < 4.78 is 47.2. The lowest BCUT2D eigenvalue weighted by molar-refractivity contribution is -0.142. The molecule has 0 spiro atoms. The molecule has 1 amide bonds. The standard InChI is InChI=1S/C24H21F3N6O2/c1-2-3-12-35-18-8-4-6-16(13-18)23(34)29-21-9-10-22(31-30-21)33-20(24(25,26)27)14-19(32-33)17-7-5-11-28-15-17/h4-11,13-15H,2-3,12H2,1H3,(H,29,30,34). The number of rotatable bonds is 8. The zero-order valence-electron chi connectivity index (χ0n) is 18.7. The molecule has 1 aromatic carbocycles. The summed E-state index contributed by atoms with van der Waals surface area (Å²) in [5.74, 6) is 0.0262. The molecule has 3 aromatic heterocycles. The number of hydrogen-bond donors (Lipinski definition) is 1. The summed E-state index contributed by atoms with van der Waals surface area (Å²) >= 11 is 0. The third-order valence-electron chi connectivity index (χ3n) is 4.93. The number of benzene rings is 1. The molecule has 35 heavy (non-hydrogen) atoms. The SMILES string of the molecule is CCCCOc1cccc(C(=O)Nc2ccc(-n3nc(-c4cccnc4)cc3C(F)(F)F)nn2)c1. The molecule has 0 saturated carbocycles. The highest BCUT2D eigenvalue weighted by atomic mass is 19.4. The van der Waals surface area contributed by atoms with E-state index in [4.69, 9.17) is 4.74 Å². The lowest BCUT2D eigenvalue weighted by Crippen LogP contribution is -2.16. The van der Waals surface area contributed by atoms with Crippen LogP contribution in [0.2, 0.25) is 0 Å². The molecule has 0 aliphatic rings. The number of unbranched alkanes of at least 4 members (excludes halogenated alkanes) is 1. The van der Waals surface area contributed by atoms with Crippen LogP contribution in [0.25, 0.3) is 17.1 Å². The van der Waals surface area contributed by atoms with E-state index >= 15 is 0 Å². The zero-order chi connectivity index (χ0) is 24.8. The highest BCUT2D eigenvalue weighted by Gasteiger charge is 2.37. The summed E-state index contributed by atoms with van der Waals surface area (Å²) in [5.41, 5.74) is -0.153. The molecule has 0 bridgehead atoms. The van der Waals surface area contributed by atoms with Gasteiger partial charge in [0.15, 0.2) is 17.3 Å². The average molecular weight is 482 g/mol. The third kappa shape index (κ3) is 5.81. The molecule has 0 saturated heterocycles. The number of alkyl halides is 3. The van der Waals surface area contributed by atoms with Gasteiger partial charge in [-0.3, -0.25) is 9.78 Å². The fourth-order valence-electron chi connectivity index (χ4n) is 3.17. The molecular weight excluding hydrogens is 461 g/mol. The highest BCUT2D eigenvalue weighted by Crippen LogP contribution is 2.33. The van der Waals surface area contributed by atoms with E-state index in [1.807, 2.05) is 0 Å². The Balaban J connectivity index is 1.53. The van der Waals surface area contributed by atoms with E-state index in [0.717, 1.165) is 18.9 Å². The summed E-state index contributed by atoms with van der Waals surface area (Å²) in [4.78, 5) is 16.5. The zero-order valence-corrected chi connectivity index (χ0v) is 18.7. The molecule has 180 valence electrons. The lowest BCUT2D eigenvalue weighted by Gasteiger charge is -2.10. The number of anilines is 1. The molecule has 0 atom stereocenters. The number of ether oxygens (including phenoxy) is 1. The van der Waals surface area contributed by atoms with Crippen molar-refractivity contribution in [2.45, 2.75) is 25.9 Å². The second-order valence-electron chi connectivity index (χ2n) is 7.53. The molecular formula is C24H21F3N6O2. The molecule has 3 heterocycles. The Labute approximate surface area is 198 Å². The van der Waals surface area contributed by atoms with Crippen molar-refractivity contribution in [2.75, 3.05) is 11.9 Å². The monoisotopic (exact) mass is 482 g/mol. The molecule has 8 nitrogen and oxygen atoms in total. The molecule has 0 radical (unpaired) electrons. The Bertz CT molecular complexity index is 1290.